The highest BCUT2D eigenvalue weighted by Gasteiger charge is 2.28. The van der Waals surface area contributed by atoms with E-state index in [1.807, 2.05) is 25.1 Å². The molecule has 0 aromatic heterocycles. The number of nitrogens with zero attached hydrogens (tertiary/aromatic N) is 1. The van der Waals surface area contributed by atoms with Crippen LogP contribution < -0.4 is 5.32 Å². The highest BCUT2D eigenvalue weighted by Crippen LogP contribution is 2.22. The lowest BCUT2D eigenvalue weighted by atomic mass is 10.2. The van der Waals surface area contributed by atoms with Crippen LogP contribution in [0.25, 0.3) is 0 Å². The summed E-state index contributed by atoms with van der Waals surface area (Å²) in [5.74, 6) is 0.172. The van der Waals surface area contributed by atoms with Crippen molar-refractivity contribution in [3.8, 4) is 0 Å². The molecule has 3 nitrogen and oxygen atoms in total. The molecule has 1 N–H and O–H groups in total. The molecule has 0 radical (unpaired) electrons. The number of hydrogen-bond donors (Lipinski definition) is 1. The molecule has 1 saturated heterocycles. The fraction of sp³-hybridized carbons (Fsp3) is 0.357. The molecule has 0 spiro atoms. The van der Waals surface area contributed by atoms with Crippen LogP contribution in [0, 0.1) is 6.92 Å². The van der Waals surface area contributed by atoms with Crippen molar-refractivity contribution >= 4 is 23.2 Å². The van der Waals surface area contributed by atoms with E-state index in [1.165, 1.54) is 0 Å². The minimum Gasteiger partial charge on any atom is -0.380 e. The molecule has 2 rings (SSSR count). The van der Waals surface area contributed by atoms with Crippen LogP contribution in [0.4, 0.5) is 5.69 Å². The zero-order chi connectivity index (χ0) is 13.1. The lowest BCUT2D eigenvalue weighted by Gasteiger charge is -2.16. The number of benzene rings is 1. The molecule has 18 heavy (non-hydrogen) atoms. The van der Waals surface area contributed by atoms with Crippen molar-refractivity contribution < 1.29 is 4.79 Å². The molecule has 0 saturated carbocycles. The zero-order valence-corrected chi connectivity index (χ0v) is 11.2. The molecule has 96 valence electrons. The molecular weight excluding hydrogens is 248 g/mol. The summed E-state index contributed by atoms with van der Waals surface area (Å²) in [5, 5.41) is 4.09. The van der Waals surface area contributed by atoms with Gasteiger partial charge < -0.3 is 10.2 Å². The summed E-state index contributed by atoms with van der Waals surface area (Å²) in [6.07, 6.45) is 2.28. The minimum absolute atomic E-state index is 0.149. The molecular formula is C14H17ClN2O. The van der Waals surface area contributed by atoms with Gasteiger partial charge in [0.1, 0.15) is 0 Å². The largest absolute Gasteiger partial charge is 0.380 e. The van der Waals surface area contributed by atoms with Crippen LogP contribution in [0.2, 0.25) is 5.02 Å². The van der Waals surface area contributed by atoms with Crippen LogP contribution in [0.1, 0.15) is 12.0 Å². The lowest BCUT2D eigenvalue weighted by molar-refractivity contribution is -0.127. The summed E-state index contributed by atoms with van der Waals surface area (Å²) in [5.41, 5.74) is 2.02. The Bertz CT molecular complexity index is 473. The Labute approximate surface area is 112 Å². The van der Waals surface area contributed by atoms with Crippen molar-refractivity contribution in [2.75, 3.05) is 18.4 Å². The average Bonchev–Trinajstić information content (AvgIpc) is 2.65. The molecule has 1 amide bonds. The van der Waals surface area contributed by atoms with Gasteiger partial charge in [-0.05, 0) is 24.6 Å². The maximum Gasteiger partial charge on any atom is 0.225 e. The van der Waals surface area contributed by atoms with E-state index in [-0.39, 0.29) is 11.9 Å². The van der Waals surface area contributed by atoms with Crippen molar-refractivity contribution in [1.82, 2.24) is 4.90 Å². The van der Waals surface area contributed by atoms with Gasteiger partial charge in [0.15, 0.2) is 0 Å². The van der Waals surface area contributed by atoms with Crippen LogP contribution >= 0.6 is 11.6 Å². The Morgan fingerprint density at radius 3 is 3.06 bits per heavy atom. The molecule has 1 heterocycles. The normalized spacial score (nSPS) is 19.1. The number of anilines is 1. The number of rotatable bonds is 4. The quantitative estimate of drug-likeness (QED) is 0.848. The number of hydrogen-bond acceptors (Lipinski definition) is 2. The fourth-order valence-corrected chi connectivity index (χ4v) is 2.30. The smallest absolute Gasteiger partial charge is 0.225 e. The van der Waals surface area contributed by atoms with Crippen molar-refractivity contribution in [3.05, 3.63) is 41.4 Å². The Balaban J connectivity index is 2.00. The first-order valence-electron chi connectivity index (χ1n) is 6.01. The summed E-state index contributed by atoms with van der Waals surface area (Å²) in [7, 11) is 0. The van der Waals surface area contributed by atoms with Crippen molar-refractivity contribution in [2.24, 2.45) is 0 Å². The van der Waals surface area contributed by atoms with Crippen LogP contribution in [0.5, 0.6) is 0 Å². The molecule has 1 aromatic rings. The summed E-state index contributed by atoms with van der Waals surface area (Å²) >= 11 is 6.08. The first kappa shape index (κ1) is 13.0. The standard InChI is InChI=1S/C14H17ClN2O/c1-3-6-17-9-12(8-14(17)18)16-11-5-4-10(2)13(15)7-11/h3-5,7,12,16H,1,6,8-9H2,2H3. The molecule has 1 unspecified atom stereocenters. The van der Waals surface area contributed by atoms with Crippen molar-refractivity contribution in [3.63, 3.8) is 0 Å². The number of halogens is 1. The molecule has 1 atom stereocenters. The Kier molecular flexibility index (Phi) is 3.92. The number of carbonyl (C=O) groups is 1. The van der Waals surface area contributed by atoms with Crippen LogP contribution in [-0.4, -0.2) is 29.9 Å². The number of nitrogens with one attached hydrogen (secondary N) is 1. The van der Waals surface area contributed by atoms with Gasteiger partial charge in [0.2, 0.25) is 5.91 Å². The van der Waals surface area contributed by atoms with E-state index >= 15 is 0 Å². The van der Waals surface area contributed by atoms with E-state index in [9.17, 15) is 4.79 Å². The summed E-state index contributed by atoms with van der Waals surface area (Å²) in [6, 6.07) is 6.01. The maximum absolute atomic E-state index is 11.7. The van der Waals surface area contributed by atoms with Gasteiger partial charge >= 0.3 is 0 Å². The number of carbonyl (C=O) groups excluding carboxylic acids is 1. The van der Waals surface area contributed by atoms with E-state index in [0.29, 0.717) is 13.0 Å². The first-order valence-corrected chi connectivity index (χ1v) is 6.39. The molecule has 0 aliphatic carbocycles. The lowest BCUT2D eigenvalue weighted by Crippen LogP contribution is -2.27. The number of likely N-dealkylation sites (tertiary alicyclic amines) is 1. The number of aryl methyl sites for hydroxylation is 1. The van der Waals surface area contributed by atoms with Gasteiger partial charge in [-0.25, -0.2) is 0 Å². The predicted molar refractivity (Wildman–Crippen MR) is 75.0 cm³/mol. The SMILES string of the molecule is C=CCN1CC(Nc2ccc(C)c(Cl)c2)CC1=O. The van der Waals surface area contributed by atoms with Crippen LogP contribution in [0.3, 0.4) is 0 Å². The Hall–Kier alpha value is -1.48. The second-order valence-electron chi connectivity index (χ2n) is 4.60. The average molecular weight is 265 g/mol. The zero-order valence-electron chi connectivity index (χ0n) is 10.4. The monoisotopic (exact) mass is 264 g/mol. The van der Waals surface area contributed by atoms with Gasteiger partial charge in [-0.1, -0.05) is 23.7 Å². The molecule has 1 aliphatic heterocycles. The van der Waals surface area contributed by atoms with E-state index in [4.69, 9.17) is 11.6 Å². The van der Waals surface area contributed by atoms with Gasteiger partial charge in [0.05, 0.1) is 6.04 Å². The van der Waals surface area contributed by atoms with Gasteiger partial charge in [-0.2, -0.15) is 0 Å². The number of amides is 1. The third kappa shape index (κ3) is 2.85. The second-order valence-corrected chi connectivity index (χ2v) is 5.00. The molecule has 4 heteroatoms. The van der Waals surface area contributed by atoms with Crippen LogP contribution in [0.15, 0.2) is 30.9 Å². The molecule has 0 bridgehead atoms. The van der Waals surface area contributed by atoms with Gasteiger partial charge in [0.25, 0.3) is 0 Å². The van der Waals surface area contributed by atoms with Gasteiger partial charge in [-0.15, -0.1) is 6.58 Å². The highest BCUT2D eigenvalue weighted by atomic mass is 35.5. The second kappa shape index (κ2) is 5.44. The van der Waals surface area contributed by atoms with Crippen molar-refractivity contribution in [2.45, 2.75) is 19.4 Å². The Morgan fingerprint density at radius 2 is 2.39 bits per heavy atom. The van der Waals surface area contributed by atoms with E-state index in [2.05, 4.69) is 11.9 Å². The maximum atomic E-state index is 11.7. The molecule has 1 fully saturated rings. The van der Waals surface area contributed by atoms with E-state index in [1.54, 1.807) is 11.0 Å². The highest BCUT2D eigenvalue weighted by molar-refractivity contribution is 6.31. The predicted octanol–water partition coefficient (Wildman–Crippen LogP) is 2.85. The van der Waals surface area contributed by atoms with Gasteiger partial charge in [0, 0.05) is 30.2 Å². The summed E-state index contributed by atoms with van der Waals surface area (Å²) < 4.78 is 0. The Morgan fingerprint density at radius 1 is 1.61 bits per heavy atom. The van der Waals surface area contributed by atoms with Gasteiger partial charge in [-0.3, -0.25) is 4.79 Å². The summed E-state index contributed by atoms with van der Waals surface area (Å²) in [4.78, 5) is 13.5. The summed E-state index contributed by atoms with van der Waals surface area (Å²) in [6.45, 7) is 6.96. The van der Waals surface area contributed by atoms with E-state index < -0.39 is 0 Å². The third-order valence-corrected chi connectivity index (χ3v) is 3.51. The topological polar surface area (TPSA) is 32.3 Å². The molecule has 1 aromatic carbocycles. The van der Waals surface area contributed by atoms with Crippen LogP contribution in [-0.2, 0) is 4.79 Å². The van der Waals surface area contributed by atoms with Crippen molar-refractivity contribution in [1.29, 1.82) is 0 Å². The molecule has 1 aliphatic rings. The fourth-order valence-electron chi connectivity index (χ4n) is 2.12. The van der Waals surface area contributed by atoms with E-state index in [0.717, 1.165) is 22.8 Å². The third-order valence-electron chi connectivity index (χ3n) is 3.11. The minimum atomic E-state index is 0.149. The first-order chi connectivity index (χ1) is 8.60.